The summed E-state index contributed by atoms with van der Waals surface area (Å²) in [6.45, 7) is 2.79. The maximum Gasteiger partial charge on any atom is 0.248 e. The first-order valence-corrected chi connectivity index (χ1v) is 6.95. The van der Waals surface area contributed by atoms with Gasteiger partial charge in [0, 0.05) is 23.1 Å². The second kappa shape index (κ2) is 5.71. The number of amides is 1. The van der Waals surface area contributed by atoms with Crippen molar-refractivity contribution in [3.05, 3.63) is 28.2 Å². The quantitative estimate of drug-likeness (QED) is 0.893. The SMILES string of the molecule is NCC1CCN(c2ccc(C(N)=O)cc2Br)CC1. The molecule has 98 valence electrons. The minimum absolute atomic E-state index is 0.399. The Morgan fingerprint density at radius 2 is 2.06 bits per heavy atom. The number of piperidine rings is 1. The summed E-state index contributed by atoms with van der Waals surface area (Å²) < 4.78 is 0.921. The summed E-state index contributed by atoms with van der Waals surface area (Å²) in [6.07, 6.45) is 2.25. The van der Waals surface area contributed by atoms with Crippen molar-refractivity contribution in [1.29, 1.82) is 0 Å². The smallest absolute Gasteiger partial charge is 0.248 e. The van der Waals surface area contributed by atoms with E-state index in [-0.39, 0.29) is 0 Å². The van der Waals surface area contributed by atoms with Gasteiger partial charge in [0.15, 0.2) is 0 Å². The van der Waals surface area contributed by atoms with E-state index in [4.69, 9.17) is 11.5 Å². The van der Waals surface area contributed by atoms with Gasteiger partial charge in [0.05, 0.1) is 5.69 Å². The molecule has 0 aromatic heterocycles. The Balaban J connectivity index is 2.12. The largest absolute Gasteiger partial charge is 0.371 e. The number of hydrogen-bond donors (Lipinski definition) is 2. The van der Waals surface area contributed by atoms with Gasteiger partial charge in [-0.05, 0) is 59.4 Å². The minimum Gasteiger partial charge on any atom is -0.371 e. The van der Waals surface area contributed by atoms with Crippen molar-refractivity contribution >= 4 is 27.5 Å². The molecule has 4 N–H and O–H groups in total. The van der Waals surface area contributed by atoms with Crippen LogP contribution in [0.1, 0.15) is 23.2 Å². The zero-order chi connectivity index (χ0) is 13.1. The van der Waals surface area contributed by atoms with Crippen LogP contribution >= 0.6 is 15.9 Å². The topological polar surface area (TPSA) is 72.3 Å². The molecule has 1 amide bonds. The lowest BCUT2D eigenvalue weighted by molar-refractivity contribution is 0.100. The van der Waals surface area contributed by atoms with Crippen molar-refractivity contribution in [2.45, 2.75) is 12.8 Å². The number of primary amides is 1. The fourth-order valence-electron chi connectivity index (χ4n) is 2.33. The Bertz CT molecular complexity index is 442. The van der Waals surface area contributed by atoms with Gasteiger partial charge in [0.1, 0.15) is 0 Å². The Morgan fingerprint density at radius 1 is 1.39 bits per heavy atom. The third kappa shape index (κ3) is 2.84. The maximum atomic E-state index is 11.1. The van der Waals surface area contributed by atoms with Crippen LogP contribution in [-0.2, 0) is 0 Å². The number of halogens is 1. The number of benzene rings is 1. The molecule has 18 heavy (non-hydrogen) atoms. The molecule has 5 heteroatoms. The molecule has 0 unspecified atom stereocenters. The van der Waals surface area contributed by atoms with Crippen LogP contribution in [0.4, 0.5) is 5.69 Å². The molecule has 1 saturated heterocycles. The Morgan fingerprint density at radius 3 is 2.56 bits per heavy atom. The second-order valence-electron chi connectivity index (χ2n) is 4.70. The molecule has 0 spiro atoms. The number of carbonyl (C=O) groups is 1. The highest BCUT2D eigenvalue weighted by molar-refractivity contribution is 9.10. The van der Waals surface area contributed by atoms with Gasteiger partial charge in [-0.25, -0.2) is 0 Å². The molecule has 1 fully saturated rings. The fourth-order valence-corrected chi connectivity index (χ4v) is 2.96. The van der Waals surface area contributed by atoms with Crippen molar-refractivity contribution in [2.75, 3.05) is 24.5 Å². The third-order valence-electron chi connectivity index (χ3n) is 3.52. The van der Waals surface area contributed by atoms with Crippen LogP contribution in [0.15, 0.2) is 22.7 Å². The van der Waals surface area contributed by atoms with Crippen LogP contribution < -0.4 is 16.4 Å². The van der Waals surface area contributed by atoms with Crippen LogP contribution in [0.25, 0.3) is 0 Å². The first-order chi connectivity index (χ1) is 8.61. The van der Waals surface area contributed by atoms with Gasteiger partial charge in [-0.3, -0.25) is 4.79 Å². The maximum absolute atomic E-state index is 11.1. The summed E-state index contributed by atoms with van der Waals surface area (Å²) in [5.74, 6) is 0.244. The van der Waals surface area contributed by atoms with Gasteiger partial charge in [-0.1, -0.05) is 0 Å². The number of anilines is 1. The van der Waals surface area contributed by atoms with E-state index in [0.29, 0.717) is 11.5 Å². The summed E-state index contributed by atoms with van der Waals surface area (Å²) in [5.41, 5.74) is 12.6. The third-order valence-corrected chi connectivity index (χ3v) is 4.16. The normalized spacial score (nSPS) is 16.9. The number of rotatable bonds is 3. The molecule has 1 aliphatic heterocycles. The summed E-state index contributed by atoms with van der Waals surface area (Å²) in [5, 5.41) is 0. The molecular formula is C13H18BrN3O. The predicted octanol–water partition coefficient (Wildman–Crippen LogP) is 1.72. The van der Waals surface area contributed by atoms with E-state index in [2.05, 4.69) is 20.8 Å². The van der Waals surface area contributed by atoms with Crippen molar-refractivity contribution in [3.63, 3.8) is 0 Å². The highest BCUT2D eigenvalue weighted by atomic mass is 79.9. The van der Waals surface area contributed by atoms with Crippen LogP contribution in [0.3, 0.4) is 0 Å². The second-order valence-corrected chi connectivity index (χ2v) is 5.55. The average molecular weight is 312 g/mol. The van der Waals surface area contributed by atoms with Crippen molar-refractivity contribution in [2.24, 2.45) is 17.4 Å². The molecule has 0 radical (unpaired) electrons. The van der Waals surface area contributed by atoms with Crippen LogP contribution in [0.5, 0.6) is 0 Å². The monoisotopic (exact) mass is 311 g/mol. The lowest BCUT2D eigenvalue weighted by Crippen LogP contribution is -2.36. The molecule has 2 rings (SSSR count). The summed E-state index contributed by atoms with van der Waals surface area (Å²) in [6, 6.07) is 5.51. The fraction of sp³-hybridized carbons (Fsp3) is 0.462. The van der Waals surface area contributed by atoms with Crippen LogP contribution in [0, 0.1) is 5.92 Å². The molecule has 0 atom stereocenters. The lowest BCUT2D eigenvalue weighted by atomic mass is 9.96. The van der Waals surface area contributed by atoms with E-state index in [1.54, 1.807) is 12.1 Å². The summed E-state index contributed by atoms with van der Waals surface area (Å²) in [4.78, 5) is 13.4. The molecule has 1 aromatic rings. The Labute approximate surface area is 115 Å². The standard InChI is InChI=1S/C13H18BrN3O/c14-11-7-10(13(16)18)1-2-12(11)17-5-3-9(8-15)4-6-17/h1-2,7,9H,3-6,8,15H2,(H2,16,18). The number of nitrogens with two attached hydrogens (primary N) is 2. The molecular weight excluding hydrogens is 294 g/mol. The lowest BCUT2D eigenvalue weighted by Gasteiger charge is -2.33. The highest BCUT2D eigenvalue weighted by Crippen LogP contribution is 2.30. The van der Waals surface area contributed by atoms with E-state index in [1.165, 1.54) is 0 Å². The number of nitrogens with zero attached hydrogens (tertiary/aromatic N) is 1. The predicted molar refractivity (Wildman–Crippen MR) is 76.7 cm³/mol. The summed E-state index contributed by atoms with van der Waals surface area (Å²) >= 11 is 3.51. The van der Waals surface area contributed by atoms with Crippen LogP contribution in [0.2, 0.25) is 0 Å². The van der Waals surface area contributed by atoms with E-state index in [0.717, 1.165) is 42.6 Å². The molecule has 4 nitrogen and oxygen atoms in total. The molecule has 0 saturated carbocycles. The first kappa shape index (κ1) is 13.4. The average Bonchev–Trinajstić information content (AvgIpc) is 2.38. The van der Waals surface area contributed by atoms with Crippen molar-refractivity contribution in [3.8, 4) is 0 Å². The van der Waals surface area contributed by atoms with Crippen molar-refractivity contribution < 1.29 is 4.79 Å². The van der Waals surface area contributed by atoms with Crippen molar-refractivity contribution in [1.82, 2.24) is 0 Å². The Hall–Kier alpha value is -1.07. The number of hydrogen-bond acceptors (Lipinski definition) is 3. The van der Waals surface area contributed by atoms with Gasteiger partial charge >= 0.3 is 0 Å². The van der Waals surface area contributed by atoms with Gasteiger partial charge in [-0.2, -0.15) is 0 Å². The van der Waals surface area contributed by atoms with E-state index in [1.807, 2.05) is 6.07 Å². The zero-order valence-corrected chi connectivity index (χ0v) is 11.8. The molecule has 1 aromatic carbocycles. The van der Waals surface area contributed by atoms with Gasteiger partial charge in [-0.15, -0.1) is 0 Å². The zero-order valence-electron chi connectivity index (χ0n) is 10.2. The van der Waals surface area contributed by atoms with E-state index in [9.17, 15) is 4.79 Å². The molecule has 0 bridgehead atoms. The Kier molecular flexibility index (Phi) is 4.24. The van der Waals surface area contributed by atoms with E-state index >= 15 is 0 Å². The van der Waals surface area contributed by atoms with Gasteiger partial charge in [0.2, 0.25) is 5.91 Å². The van der Waals surface area contributed by atoms with Crippen LogP contribution in [-0.4, -0.2) is 25.5 Å². The molecule has 0 aliphatic carbocycles. The highest BCUT2D eigenvalue weighted by Gasteiger charge is 2.20. The summed E-state index contributed by atoms with van der Waals surface area (Å²) in [7, 11) is 0. The molecule has 1 aliphatic rings. The van der Waals surface area contributed by atoms with Gasteiger partial charge in [0.25, 0.3) is 0 Å². The van der Waals surface area contributed by atoms with Gasteiger partial charge < -0.3 is 16.4 Å². The first-order valence-electron chi connectivity index (χ1n) is 6.16. The molecule has 1 heterocycles. The number of carbonyl (C=O) groups excluding carboxylic acids is 1. The minimum atomic E-state index is -0.399. The van der Waals surface area contributed by atoms with E-state index < -0.39 is 5.91 Å².